The van der Waals surface area contributed by atoms with Gasteiger partial charge in [-0.05, 0) is 24.5 Å². The van der Waals surface area contributed by atoms with Crippen LogP contribution < -0.4 is 10.5 Å². The van der Waals surface area contributed by atoms with E-state index in [1.165, 1.54) is 12.1 Å². The Hall–Kier alpha value is -0.490. The van der Waals surface area contributed by atoms with Gasteiger partial charge in [-0.3, -0.25) is 0 Å². The number of hydrogen-bond donors (Lipinski definition) is 2. The number of hydrogen-bond acceptors (Lipinski definition) is 3. The minimum atomic E-state index is -3.76. The summed E-state index contributed by atoms with van der Waals surface area (Å²) in [6, 6.07) is 2.57. The molecule has 0 fully saturated rings. The van der Waals surface area contributed by atoms with Gasteiger partial charge in [0.25, 0.3) is 0 Å². The smallest absolute Gasteiger partial charge is 0.244 e. The molecule has 1 atom stereocenters. The highest BCUT2D eigenvalue weighted by Crippen LogP contribution is 2.31. The van der Waals surface area contributed by atoms with Gasteiger partial charge in [-0.2, -0.15) is 0 Å². The topological polar surface area (TPSA) is 72.2 Å². The molecule has 1 unspecified atom stereocenters. The summed E-state index contributed by atoms with van der Waals surface area (Å²) in [5.41, 5.74) is 5.76. The van der Waals surface area contributed by atoms with E-state index in [2.05, 4.69) is 4.72 Å². The summed E-state index contributed by atoms with van der Waals surface area (Å²) >= 11 is 11.7. The largest absolute Gasteiger partial charge is 0.398 e. The van der Waals surface area contributed by atoms with E-state index in [0.29, 0.717) is 11.4 Å². The highest BCUT2D eigenvalue weighted by atomic mass is 35.5. The maximum Gasteiger partial charge on any atom is 0.244 e. The summed E-state index contributed by atoms with van der Waals surface area (Å²) in [6.07, 6.45) is 0.683. The minimum absolute atomic E-state index is 0.0242. The third-order valence-corrected chi connectivity index (χ3v) is 5.09. The van der Waals surface area contributed by atoms with E-state index < -0.39 is 10.0 Å². The molecule has 108 valence electrons. The third-order valence-electron chi connectivity index (χ3n) is 2.86. The molecule has 19 heavy (non-hydrogen) atoms. The van der Waals surface area contributed by atoms with E-state index in [9.17, 15) is 8.42 Å². The predicted molar refractivity (Wildman–Crippen MR) is 80.1 cm³/mol. The van der Waals surface area contributed by atoms with Gasteiger partial charge in [-0.25, -0.2) is 13.1 Å². The van der Waals surface area contributed by atoms with Crippen molar-refractivity contribution >= 4 is 38.9 Å². The first-order valence-corrected chi connectivity index (χ1v) is 8.19. The number of rotatable bonds is 5. The summed E-state index contributed by atoms with van der Waals surface area (Å²) in [5, 5.41) is 0.327. The van der Waals surface area contributed by atoms with Crippen LogP contribution in [0.25, 0.3) is 0 Å². The second kappa shape index (κ2) is 6.31. The van der Waals surface area contributed by atoms with Gasteiger partial charge in [0.2, 0.25) is 10.0 Å². The zero-order valence-corrected chi connectivity index (χ0v) is 13.4. The molecule has 0 saturated heterocycles. The summed E-state index contributed by atoms with van der Waals surface area (Å²) < 4.78 is 27.3. The number of nitrogens with two attached hydrogens (primary N) is 1. The Balaban J connectivity index is 3.21. The lowest BCUT2D eigenvalue weighted by Gasteiger charge is -2.21. The SMILES string of the molecule is CCC(NS(=O)(=O)c1c(N)cc(Cl)cc1Cl)C(C)C. The van der Waals surface area contributed by atoms with Crippen LogP contribution in [0.1, 0.15) is 27.2 Å². The van der Waals surface area contributed by atoms with Crippen molar-refractivity contribution in [3.05, 3.63) is 22.2 Å². The molecule has 0 amide bonds. The van der Waals surface area contributed by atoms with Gasteiger partial charge in [0.05, 0.1) is 10.7 Å². The van der Waals surface area contributed by atoms with Gasteiger partial charge in [0.1, 0.15) is 4.90 Å². The molecular formula is C12H18Cl2N2O2S. The Morgan fingerprint density at radius 2 is 1.89 bits per heavy atom. The molecule has 0 spiro atoms. The Morgan fingerprint density at radius 3 is 2.32 bits per heavy atom. The maximum absolute atomic E-state index is 12.3. The molecule has 3 N–H and O–H groups in total. The van der Waals surface area contributed by atoms with E-state index in [-0.39, 0.29) is 27.6 Å². The van der Waals surface area contributed by atoms with Crippen molar-refractivity contribution in [2.75, 3.05) is 5.73 Å². The van der Waals surface area contributed by atoms with Crippen molar-refractivity contribution in [1.82, 2.24) is 4.72 Å². The molecule has 1 rings (SSSR count). The molecule has 0 aliphatic rings. The third kappa shape index (κ3) is 3.99. The lowest BCUT2D eigenvalue weighted by molar-refractivity contribution is 0.437. The highest BCUT2D eigenvalue weighted by Gasteiger charge is 2.26. The van der Waals surface area contributed by atoms with Gasteiger partial charge in [-0.1, -0.05) is 44.0 Å². The van der Waals surface area contributed by atoms with Crippen molar-refractivity contribution < 1.29 is 8.42 Å². The van der Waals surface area contributed by atoms with Crippen LogP contribution in [-0.2, 0) is 10.0 Å². The molecule has 1 aromatic carbocycles. The molecule has 0 aliphatic carbocycles. The van der Waals surface area contributed by atoms with Gasteiger partial charge >= 0.3 is 0 Å². The van der Waals surface area contributed by atoms with Crippen molar-refractivity contribution in [1.29, 1.82) is 0 Å². The quantitative estimate of drug-likeness (QED) is 0.816. The predicted octanol–water partition coefficient (Wildman–Crippen LogP) is 3.29. The van der Waals surface area contributed by atoms with Gasteiger partial charge in [-0.15, -0.1) is 0 Å². The fourth-order valence-electron chi connectivity index (χ4n) is 1.81. The van der Waals surface area contributed by atoms with Crippen LogP contribution in [0.5, 0.6) is 0 Å². The Labute approximate surface area is 124 Å². The average Bonchev–Trinajstić information content (AvgIpc) is 2.23. The normalized spacial score (nSPS) is 13.8. The molecule has 0 saturated carbocycles. The number of benzene rings is 1. The number of nitrogen functional groups attached to an aromatic ring is 1. The highest BCUT2D eigenvalue weighted by molar-refractivity contribution is 7.89. The second-order valence-electron chi connectivity index (χ2n) is 4.69. The summed E-state index contributed by atoms with van der Waals surface area (Å²) in [4.78, 5) is -0.113. The lowest BCUT2D eigenvalue weighted by Crippen LogP contribution is -2.38. The Morgan fingerprint density at radius 1 is 1.32 bits per heavy atom. The van der Waals surface area contributed by atoms with E-state index in [1.807, 2.05) is 20.8 Å². The molecule has 0 bridgehead atoms. The maximum atomic E-state index is 12.3. The van der Waals surface area contributed by atoms with Crippen LogP contribution in [0.4, 0.5) is 5.69 Å². The lowest BCUT2D eigenvalue weighted by atomic mass is 10.0. The van der Waals surface area contributed by atoms with Crippen LogP contribution in [-0.4, -0.2) is 14.5 Å². The molecule has 0 aromatic heterocycles. The second-order valence-corrected chi connectivity index (χ2v) is 7.18. The number of anilines is 1. The van der Waals surface area contributed by atoms with E-state index in [0.717, 1.165) is 0 Å². The average molecular weight is 325 g/mol. The molecular weight excluding hydrogens is 307 g/mol. The first kappa shape index (κ1) is 16.6. The first-order valence-electron chi connectivity index (χ1n) is 5.95. The van der Waals surface area contributed by atoms with Crippen molar-refractivity contribution in [2.24, 2.45) is 5.92 Å². The molecule has 4 nitrogen and oxygen atoms in total. The van der Waals surface area contributed by atoms with Crippen molar-refractivity contribution in [2.45, 2.75) is 38.1 Å². The van der Waals surface area contributed by atoms with Crippen LogP contribution in [0, 0.1) is 5.92 Å². The summed E-state index contributed by atoms with van der Waals surface area (Å²) in [6.45, 7) is 5.81. The zero-order chi connectivity index (χ0) is 14.8. The van der Waals surface area contributed by atoms with E-state index in [4.69, 9.17) is 28.9 Å². The van der Waals surface area contributed by atoms with Crippen LogP contribution in [0.3, 0.4) is 0 Å². The first-order chi connectivity index (χ1) is 8.69. The summed E-state index contributed by atoms with van der Waals surface area (Å²) in [7, 11) is -3.76. The van der Waals surface area contributed by atoms with Crippen molar-refractivity contribution in [3.63, 3.8) is 0 Å². The fourth-order valence-corrected chi connectivity index (χ4v) is 4.27. The number of nitrogens with one attached hydrogen (secondary N) is 1. The molecule has 0 heterocycles. The standard InChI is InChI=1S/C12H18Cl2N2O2S/c1-4-11(7(2)3)16-19(17,18)12-9(14)5-8(13)6-10(12)15/h5-7,11,16H,4,15H2,1-3H3. The monoisotopic (exact) mass is 324 g/mol. The molecule has 0 radical (unpaired) electrons. The molecule has 1 aromatic rings. The Kier molecular flexibility index (Phi) is 5.50. The molecule has 7 heteroatoms. The minimum Gasteiger partial charge on any atom is -0.398 e. The Bertz CT molecular complexity index is 536. The van der Waals surface area contributed by atoms with Crippen LogP contribution in [0.2, 0.25) is 10.0 Å². The number of sulfonamides is 1. The van der Waals surface area contributed by atoms with Gasteiger partial charge in [0, 0.05) is 11.1 Å². The van der Waals surface area contributed by atoms with E-state index in [1.54, 1.807) is 0 Å². The van der Waals surface area contributed by atoms with Gasteiger partial charge < -0.3 is 5.73 Å². The van der Waals surface area contributed by atoms with Crippen LogP contribution in [0.15, 0.2) is 17.0 Å². The summed E-state index contributed by atoms with van der Waals surface area (Å²) in [5.74, 6) is 0.173. The fraction of sp³-hybridized carbons (Fsp3) is 0.500. The van der Waals surface area contributed by atoms with E-state index >= 15 is 0 Å². The van der Waals surface area contributed by atoms with Crippen molar-refractivity contribution in [3.8, 4) is 0 Å². The zero-order valence-electron chi connectivity index (χ0n) is 11.1. The van der Waals surface area contributed by atoms with Crippen LogP contribution >= 0.6 is 23.2 Å². The molecule has 0 aliphatic heterocycles. The number of halogens is 2. The van der Waals surface area contributed by atoms with Gasteiger partial charge in [0.15, 0.2) is 0 Å².